The lowest BCUT2D eigenvalue weighted by atomic mass is 9.78. The number of hydrogen-bond donors (Lipinski definition) is 1. The number of carbonyl (C=O) groups is 1. The van der Waals surface area contributed by atoms with Crippen molar-refractivity contribution in [2.75, 3.05) is 5.32 Å². The van der Waals surface area contributed by atoms with E-state index in [2.05, 4.69) is 71.1 Å². The SMILES string of the molecule is CCCC(=O)Nc1c(C)c(C)c2c(c1C)C(c1ccc(C)cc1)C(C)(C)O2. The molecule has 0 aromatic heterocycles. The van der Waals surface area contributed by atoms with E-state index in [4.69, 9.17) is 4.74 Å². The van der Waals surface area contributed by atoms with Crippen LogP contribution in [0.3, 0.4) is 0 Å². The van der Waals surface area contributed by atoms with E-state index in [-0.39, 0.29) is 17.4 Å². The molecule has 3 nitrogen and oxygen atoms in total. The minimum atomic E-state index is -0.342. The highest BCUT2D eigenvalue weighted by Crippen LogP contribution is 2.53. The van der Waals surface area contributed by atoms with Gasteiger partial charge in [0.05, 0.1) is 5.92 Å². The number of benzene rings is 2. The number of nitrogens with one attached hydrogen (secondary N) is 1. The third-order valence-electron chi connectivity index (χ3n) is 5.80. The Balaban J connectivity index is 2.18. The molecule has 144 valence electrons. The first-order valence-electron chi connectivity index (χ1n) is 9.86. The minimum Gasteiger partial charge on any atom is -0.486 e. The van der Waals surface area contributed by atoms with Crippen LogP contribution in [0.4, 0.5) is 5.69 Å². The van der Waals surface area contributed by atoms with Crippen LogP contribution in [-0.4, -0.2) is 11.5 Å². The Morgan fingerprint density at radius 1 is 1.04 bits per heavy atom. The standard InChI is InChI=1S/C24H31NO2/c1-8-9-19(26)25-22-15(3)16(4)23-20(17(22)5)21(24(6,7)27-23)18-12-10-14(2)11-13-18/h10-13,21H,8-9H2,1-7H3,(H,25,26). The number of aryl methyl sites for hydroxylation is 1. The van der Waals surface area contributed by atoms with Crippen molar-refractivity contribution in [1.29, 1.82) is 0 Å². The lowest BCUT2D eigenvalue weighted by molar-refractivity contribution is -0.116. The van der Waals surface area contributed by atoms with E-state index < -0.39 is 0 Å². The molecule has 1 atom stereocenters. The monoisotopic (exact) mass is 365 g/mol. The van der Waals surface area contributed by atoms with Crippen LogP contribution in [0.5, 0.6) is 5.75 Å². The van der Waals surface area contributed by atoms with Crippen molar-refractivity contribution < 1.29 is 9.53 Å². The van der Waals surface area contributed by atoms with Gasteiger partial charge in [-0.25, -0.2) is 0 Å². The molecule has 0 spiro atoms. The zero-order valence-corrected chi connectivity index (χ0v) is 17.6. The molecule has 1 amide bonds. The highest BCUT2D eigenvalue weighted by Gasteiger charge is 2.44. The second kappa shape index (κ2) is 7.03. The Kier molecular flexibility index (Phi) is 5.07. The van der Waals surface area contributed by atoms with Gasteiger partial charge in [0.15, 0.2) is 0 Å². The van der Waals surface area contributed by atoms with Crippen molar-refractivity contribution in [3.63, 3.8) is 0 Å². The van der Waals surface area contributed by atoms with E-state index in [0.717, 1.165) is 34.5 Å². The highest BCUT2D eigenvalue weighted by atomic mass is 16.5. The third-order valence-corrected chi connectivity index (χ3v) is 5.80. The average Bonchev–Trinajstić information content (AvgIpc) is 2.89. The van der Waals surface area contributed by atoms with Crippen LogP contribution in [0.25, 0.3) is 0 Å². The van der Waals surface area contributed by atoms with E-state index in [0.29, 0.717) is 6.42 Å². The predicted molar refractivity (Wildman–Crippen MR) is 112 cm³/mol. The van der Waals surface area contributed by atoms with Gasteiger partial charge in [0.1, 0.15) is 11.4 Å². The molecule has 0 fully saturated rings. The molecule has 1 N–H and O–H groups in total. The van der Waals surface area contributed by atoms with Gasteiger partial charge in [0.25, 0.3) is 0 Å². The molecule has 0 saturated carbocycles. The maximum atomic E-state index is 12.3. The van der Waals surface area contributed by atoms with Gasteiger partial charge in [-0.1, -0.05) is 36.8 Å². The summed E-state index contributed by atoms with van der Waals surface area (Å²) in [6, 6.07) is 8.71. The summed E-state index contributed by atoms with van der Waals surface area (Å²) in [6.45, 7) is 14.7. The lowest BCUT2D eigenvalue weighted by Crippen LogP contribution is -2.31. The number of anilines is 1. The van der Waals surface area contributed by atoms with Gasteiger partial charge < -0.3 is 10.1 Å². The average molecular weight is 366 g/mol. The molecule has 3 rings (SSSR count). The Morgan fingerprint density at radius 3 is 2.26 bits per heavy atom. The van der Waals surface area contributed by atoms with Crippen LogP contribution in [0.1, 0.15) is 72.9 Å². The summed E-state index contributed by atoms with van der Waals surface area (Å²) in [5.41, 5.74) is 7.64. The van der Waals surface area contributed by atoms with E-state index in [1.807, 2.05) is 6.92 Å². The van der Waals surface area contributed by atoms with Crippen LogP contribution in [0.2, 0.25) is 0 Å². The topological polar surface area (TPSA) is 38.3 Å². The molecular formula is C24H31NO2. The number of fused-ring (bicyclic) bond motifs is 1. The van der Waals surface area contributed by atoms with Gasteiger partial charge >= 0.3 is 0 Å². The molecule has 1 heterocycles. The molecule has 0 radical (unpaired) electrons. The van der Waals surface area contributed by atoms with Crippen LogP contribution >= 0.6 is 0 Å². The fraction of sp³-hybridized carbons (Fsp3) is 0.458. The van der Waals surface area contributed by atoms with Crippen molar-refractivity contribution in [3.05, 3.63) is 57.6 Å². The maximum Gasteiger partial charge on any atom is 0.224 e. The lowest BCUT2D eigenvalue weighted by Gasteiger charge is -2.27. The number of rotatable bonds is 4. The Labute approximate surface area is 163 Å². The van der Waals surface area contributed by atoms with Crippen LogP contribution in [0.15, 0.2) is 24.3 Å². The largest absolute Gasteiger partial charge is 0.486 e. The van der Waals surface area contributed by atoms with Crippen molar-refractivity contribution >= 4 is 11.6 Å². The van der Waals surface area contributed by atoms with E-state index >= 15 is 0 Å². The second-order valence-corrected chi connectivity index (χ2v) is 8.34. The summed E-state index contributed by atoms with van der Waals surface area (Å²) in [5.74, 6) is 1.19. The molecule has 27 heavy (non-hydrogen) atoms. The molecule has 3 heteroatoms. The fourth-order valence-corrected chi connectivity index (χ4v) is 4.24. The normalized spacial score (nSPS) is 17.4. The van der Waals surface area contributed by atoms with Crippen molar-refractivity contribution in [2.24, 2.45) is 0 Å². The van der Waals surface area contributed by atoms with Crippen LogP contribution in [0, 0.1) is 27.7 Å². The first-order valence-corrected chi connectivity index (χ1v) is 9.86. The number of hydrogen-bond acceptors (Lipinski definition) is 2. The van der Waals surface area contributed by atoms with Crippen molar-refractivity contribution in [1.82, 2.24) is 0 Å². The molecule has 1 aliphatic rings. The number of amides is 1. The van der Waals surface area contributed by atoms with Crippen LogP contribution in [-0.2, 0) is 4.79 Å². The van der Waals surface area contributed by atoms with E-state index in [9.17, 15) is 4.79 Å². The summed E-state index contributed by atoms with van der Waals surface area (Å²) in [4.78, 5) is 12.3. The molecule has 0 bridgehead atoms. The van der Waals surface area contributed by atoms with Gasteiger partial charge in [0.2, 0.25) is 5.91 Å². The fourth-order valence-electron chi connectivity index (χ4n) is 4.24. The van der Waals surface area contributed by atoms with Gasteiger partial charge in [-0.15, -0.1) is 0 Å². The number of ether oxygens (including phenoxy) is 1. The van der Waals surface area contributed by atoms with Gasteiger partial charge in [-0.2, -0.15) is 0 Å². The zero-order valence-electron chi connectivity index (χ0n) is 17.6. The van der Waals surface area contributed by atoms with Gasteiger partial charge in [-0.05, 0) is 70.2 Å². The van der Waals surface area contributed by atoms with E-state index in [1.165, 1.54) is 16.7 Å². The summed E-state index contributed by atoms with van der Waals surface area (Å²) in [5, 5.41) is 3.16. The summed E-state index contributed by atoms with van der Waals surface area (Å²) >= 11 is 0. The predicted octanol–water partition coefficient (Wildman–Crippen LogP) is 5.96. The molecule has 2 aromatic rings. The van der Waals surface area contributed by atoms with E-state index in [1.54, 1.807) is 0 Å². The molecule has 1 aliphatic heterocycles. The Hall–Kier alpha value is -2.29. The Bertz CT molecular complexity index is 878. The third kappa shape index (κ3) is 3.36. The first kappa shape index (κ1) is 19.5. The Morgan fingerprint density at radius 2 is 1.67 bits per heavy atom. The molecule has 1 unspecified atom stereocenters. The van der Waals surface area contributed by atoms with Crippen LogP contribution < -0.4 is 10.1 Å². The smallest absolute Gasteiger partial charge is 0.224 e. The second-order valence-electron chi connectivity index (χ2n) is 8.34. The molecule has 0 saturated heterocycles. The van der Waals surface area contributed by atoms with Gasteiger partial charge in [0, 0.05) is 17.7 Å². The molecule has 0 aliphatic carbocycles. The molecule has 2 aromatic carbocycles. The quantitative estimate of drug-likeness (QED) is 0.726. The maximum absolute atomic E-state index is 12.3. The number of carbonyl (C=O) groups excluding carboxylic acids is 1. The summed E-state index contributed by atoms with van der Waals surface area (Å²) in [7, 11) is 0. The van der Waals surface area contributed by atoms with Crippen molar-refractivity contribution in [2.45, 2.75) is 72.8 Å². The zero-order chi connectivity index (χ0) is 19.9. The minimum absolute atomic E-state index is 0.0770. The first-order chi connectivity index (χ1) is 12.7. The highest BCUT2D eigenvalue weighted by molar-refractivity contribution is 5.93. The van der Waals surface area contributed by atoms with Gasteiger partial charge in [-0.3, -0.25) is 4.79 Å². The van der Waals surface area contributed by atoms with Crippen molar-refractivity contribution in [3.8, 4) is 5.75 Å². The summed E-state index contributed by atoms with van der Waals surface area (Å²) in [6.07, 6.45) is 1.38. The summed E-state index contributed by atoms with van der Waals surface area (Å²) < 4.78 is 6.48. The molecular weight excluding hydrogens is 334 g/mol.